The number of nitriles is 1. The molecular formula is C22H24N2O3. The van der Waals surface area contributed by atoms with E-state index in [1.54, 1.807) is 30.3 Å². The molecule has 0 unspecified atom stereocenters. The Labute approximate surface area is 160 Å². The molecule has 0 saturated carbocycles. The highest BCUT2D eigenvalue weighted by atomic mass is 16.5. The van der Waals surface area contributed by atoms with Crippen LogP contribution in [0.15, 0.2) is 48.0 Å². The van der Waals surface area contributed by atoms with Gasteiger partial charge < -0.3 is 15.2 Å². The number of carbonyl (C=O) groups is 1. The first kappa shape index (κ1) is 20.1. The van der Waals surface area contributed by atoms with Crippen molar-refractivity contribution in [3.05, 3.63) is 64.7 Å². The lowest BCUT2D eigenvalue weighted by atomic mass is 10.0. The van der Waals surface area contributed by atoms with E-state index in [1.165, 1.54) is 11.6 Å². The van der Waals surface area contributed by atoms with Crippen molar-refractivity contribution in [3.63, 3.8) is 0 Å². The van der Waals surface area contributed by atoms with Gasteiger partial charge in [-0.25, -0.2) is 0 Å². The van der Waals surface area contributed by atoms with E-state index in [0.29, 0.717) is 30.4 Å². The molecule has 5 heteroatoms. The lowest BCUT2D eigenvalue weighted by Crippen LogP contribution is -2.12. The Balaban J connectivity index is 1.91. The van der Waals surface area contributed by atoms with Gasteiger partial charge in [0.1, 0.15) is 36.4 Å². The molecule has 2 aromatic rings. The zero-order valence-corrected chi connectivity index (χ0v) is 15.9. The fourth-order valence-corrected chi connectivity index (χ4v) is 2.54. The highest BCUT2D eigenvalue weighted by Crippen LogP contribution is 2.27. The smallest absolute Gasteiger partial charge is 0.259 e. The number of carbonyl (C=O) groups excluding carboxylic acids is 1. The predicted octanol–water partition coefficient (Wildman–Crippen LogP) is 3.97. The van der Waals surface area contributed by atoms with Crippen LogP contribution in [0, 0.1) is 18.3 Å². The van der Waals surface area contributed by atoms with Crippen LogP contribution in [0.2, 0.25) is 0 Å². The lowest BCUT2D eigenvalue weighted by molar-refractivity contribution is -0.114. The van der Waals surface area contributed by atoms with E-state index in [1.807, 2.05) is 13.0 Å². The van der Waals surface area contributed by atoms with Crippen molar-refractivity contribution in [1.29, 1.82) is 5.26 Å². The molecule has 0 radical (unpaired) electrons. The second kappa shape index (κ2) is 9.44. The average Bonchev–Trinajstić information content (AvgIpc) is 2.64. The van der Waals surface area contributed by atoms with Gasteiger partial charge >= 0.3 is 0 Å². The van der Waals surface area contributed by atoms with E-state index in [-0.39, 0.29) is 5.57 Å². The Kier molecular flexibility index (Phi) is 7.01. The molecule has 1 amide bonds. The highest BCUT2D eigenvalue weighted by molar-refractivity contribution is 6.00. The second-order valence-electron chi connectivity index (χ2n) is 6.50. The molecule has 2 aromatic carbocycles. The number of amides is 1. The zero-order chi connectivity index (χ0) is 19.8. The normalized spacial score (nSPS) is 11.1. The molecule has 5 nitrogen and oxygen atoms in total. The van der Waals surface area contributed by atoms with E-state index < -0.39 is 5.91 Å². The number of hydrogen-bond donors (Lipinski definition) is 1. The second-order valence-corrected chi connectivity index (χ2v) is 6.50. The Bertz CT molecular complexity index is 862. The van der Waals surface area contributed by atoms with Crippen LogP contribution in [0.25, 0.3) is 6.08 Å². The number of primary amides is 1. The van der Waals surface area contributed by atoms with Gasteiger partial charge in [-0.05, 0) is 53.8 Å². The molecule has 0 aliphatic heterocycles. The third-order valence-electron chi connectivity index (χ3n) is 3.98. The van der Waals surface area contributed by atoms with Crippen LogP contribution in [-0.2, 0) is 4.79 Å². The van der Waals surface area contributed by atoms with E-state index >= 15 is 0 Å². The molecule has 0 spiro atoms. The third kappa shape index (κ3) is 5.89. The van der Waals surface area contributed by atoms with Crippen LogP contribution in [0.4, 0.5) is 0 Å². The van der Waals surface area contributed by atoms with Crippen molar-refractivity contribution in [2.75, 3.05) is 13.2 Å². The molecule has 0 aromatic heterocycles. The van der Waals surface area contributed by atoms with Gasteiger partial charge in [0.2, 0.25) is 0 Å². The van der Waals surface area contributed by atoms with E-state index in [4.69, 9.17) is 20.5 Å². The third-order valence-corrected chi connectivity index (χ3v) is 3.98. The largest absolute Gasteiger partial charge is 0.490 e. The van der Waals surface area contributed by atoms with Crippen LogP contribution >= 0.6 is 0 Å². The summed E-state index contributed by atoms with van der Waals surface area (Å²) < 4.78 is 11.6. The summed E-state index contributed by atoms with van der Waals surface area (Å²) >= 11 is 0. The van der Waals surface area contributed by atoms with Gasteiger partial charge in [-0.15, -0.1) is 0 Å². The molecule has 0 aliphatic carbocycles. The zero-order valence-electron chi connectivity index (χ0n) is 15.9. The molecule has 140 valence electrons. The van der Waals surface area contributed by atoms with Crippen LogP contribution in [0.3, 0.4) is 0 Å². The summed E-state index contributed by atoms with van der Waals surface area (Å²) in [6.07, 6.45) is 1.44. The number of nitrogens with two attached hydrogens (primary N) is 1. The van der Waals surface area contributed by atoms with Gasteiger partial charge in [-0.3, -0.25) is 4.79 Å². The van der Waals surface area contributed by atoms with Crippen LogP contribution < -0.4 is 15.2 Å². The number of aryl methyl sites for hydroxylation is 1. The summed E-state index contributed by atoms with van der Waals surface area (Å²) in [5.74, 6) is 1.22. The minimum Gasteiger partial charge on any atom is -0.490 e. The van der Waals surface area contributed by atoms with Crippen molar-refractivity contribution in [3.8, 4) is 17.6 Å². The van der Waals surface area contributed by atoms with Crippen molar-refractivity contribution in [2.45, 2.75) is 26.7 Å². The maximum atomic E-state index is 11.1. The number of ether oxygens (including phenoxy) is 2. The fourth-order valence-electron chi connectivity index (χ4n) is 2.54. The molecule has 0 aliphatic rings. The van der Waals surface area contributed by atoms with E-state index in [0.717, 1.165) is 11.3 Å². The molecule has 0 heterocycles. The SMILES string of the molecule is Cc1ccc(C(C)C)c(OCCOc2ccc(/C=C(\C#N)C(N)=O)cc2)c1. The highest BCUT2D eigenvalue weighted by Gasteiger charge is 2.08. The summed E-state index contributed by atoms with van der Waals surface area (Å²) in [7, 11) is 0. The number of nitrogens with zero attached hydrogens (tertiary/aromatic N) is 1. The van der Waals surface area contributed by atoms with Crippen LogP contribution in [-0.4, -0.2) is 19.1 Å². The Morgan fingerprint density at radius 2 is 1.81 bits per heavy atom. The molecule has 0 saturated heterocycles. The fraction of sp³-hybridized carbons (Fsp3) is 0.273. The summed E-state index contributed by atoms with van der Waals surface area (Å²) in [4.78, 5) is 11.1. The topological polar surface area (TPSA) is 85.3 Å². The molecule has 0 fully saturated rings. The molecule has 0 atom stereocenters. The first-order valence-corrected chi connectivity index (χ1v) is 8.78. The van der Waals surface area contributed by atoms with E-state index in [9.17, 15) is 4.79 Å². The van der Waals surface area contributed by atoms with Gasteiger partial charge in [0.25, 0.3) is 5.91 Å². The van der Waals surface area contributed by atoms with Crippen molar-refractivity contribution in [1.82, 2.24) is 0 Å². The number of hydrogen-bond acceptors (Lipinski definition) is 4. The van der Waals surface area contributed by atoms with Crippen LogP contribution in [0.5, 0.6) is 11.5 Å². The minimum atomic E-state index is -0.744. The van der Waals surface area contributed by atoms with Crippen LogP contribution in [0.1, 0.15) is 36.5 Å². The first-order valence-electron chi connectivity index (χ1n) is 8.78. The summed E-state index contributed by atoms with van der Waals surface area (Å²) in [6, 6.07) is 15.1. The Morgan fingerprint density at radius 1 is 1.15 bits per heavy atom. The maximum Gasteiger partial charge on any atom is 0.259 e. The van der Waals surface area contributed by atoms with Gasteiger partial charge in [-0.2, -0.15) is 5.26 Å². The Morgan fingerprint density at radius 3 is 2.41 bits per heavy atom. The molecule has 27 heavy (non-hydrogen) atoms. The molecule has 2 rings (SSSR count). The van der Waals surface area contributed by atoms with Gasteiger partial charge in [0, 0.05) is 0 Å². The predicted molar refractivity (Wildman–Crippen MR) is 105 cm³/mol. The van der Waals surface area contributed by atoms with Gasteiger partial charge in [-0.1, -0.05) is 38.1 Å². The van der Waals surface area contributed by atoms with Crippen molar-refractivity contribution < 1.29 is 14.3 Å². The van der Waals surface area contributed by atoms with E-state index in [2.05, 4.69) is 26.0 Å². The first-order chi connectivity index (χ1) is 12.9. The quantitative estimate of drug-likeness (QED) is 0.436. The molecule has 0 bridgehead atoms. The monoisotopic (exact) mass is 364 g/mol. The van der Waals surface area contributed by atoms with Gasteiger partial charge in [0.15, 0.2) is 0 Å². The summed E-state index contributed by atoms with van der Waals surface area (Å²) in [6.45, 7) is 7.16. The maximum absolute atomic E-state index is 11.1. The average molecular weight is 364 g/mol. The summed E-state index contributed by atoms with van der Waals surface area (Å²) in [5, 5.41) is 8.86. The molecule has 2 N–H and O–H groups in total. The molecular weight excluding hydrogens is 340 g/mol. The standard InChI is InChI=1S/C22H24N2O3/c1-15(2)20-9-4-16(3)12-21(20)27-11-10-26-19-7-5-17(6-8-19)13-18(14-23)22(24)25/h4-9,12-13,15H,10-11H2,1-3H3,(H2,24,25)/b18-13+. The Hall–Kier alpha value is -3.26. The van der Waals surface area contributed by atoms with Crippen molar-refractivity contribution in [2.24, 2.45) is 5.73 Å². The summed E-state index contributed by atoms with van der Waals surface area (Å²) in [5.41, 5.74) is 8.08. The lowest BCUT2D eigenvalue weighted by Gasteiger charge is -2.15. The van der Waals surface area contributed by atoms with Crippen molar-refractivity contribution >= 4 is 12.0 Å². The number of benzene rings is 2. The number of rotatable bonds is 8. The minimum absolute atomic E-state index is 0.0869. The van der Waals surface area contributed by atoms with Gasteiger partial charge in [0.05, 0.1) is 0 Å².